The molecule has 1 aromatic carbocycles. The van der Waals surface area contributed by atoms with Crippen LogP contribution in [0.1, 0.15) is 58.6 Å². The molecular weight excluding hydrogens is 454 g/mol. The second-order valence-electron chi connectivity index (χ2n) is 8.90. The van der Waals surface area contributed by atoms with Crippen molar-refractivity contribution < 1.29 is 24.2 Å². The topological polar surface area (TPSA) is 108 Å². The molecule has 0 fully saturated rings. The molecule has 0 spiro atoms. The molecule has 0 saturated carbocycles. The lowest BCUT2D eigenvalue weighted by Gasteiger charge is -2.34. The molecule has 3 amide bonds. The molecule has 9 heteroatoms. The van der Waals surface area contributed by atoms with Crippen LogP contribution in [0, 0.1) is 0 Å². The highest BCUT2D eigenvalue weighted by atomic mass is 32.2. The molecular formula is C25H39N3O5S. The lowest BCUT2D eigenvalue weighted by Crippen LogP contribution is -2.53. The standard InChI is InChI=1S/C25H39N3O5S/c1-7-9-15-26-22(30)21(18-10-12-19(29)13-11-18)28(16-8-2)23(31)20(14-17-34-6)27-24(32)33-25(3,4)5/h8,10-13,20-21,29H,2,7,9,14-17H2,1,3-6H3,(H,26,30)(H,27,32). The number of ether oxygens (including phenoxy) is 1. The molecule has 2 atom stereocenters. The third-order valence-corrected chi connectivity index (χ3v) is 5.45. The van der Waals surface area contributed by atoms with Crippen LogP contribution in [0.2, 0.25) is 0 Å². The van der Waals surface area contributed by atoms with Gasteiger partial charge in [0.15, 0.2) is 0 Å². The second kappa shape index (κ2) is 14.6. The summed E-state index contributed by atoms with van der Waals surface area (Å²) in [5.74, 6) is -0.0700. The van der Waals surface area contributed by atoms with Crippen molar-refractivity contribution in [2.75, 3.05) is 25.1 Å². The van der Waals surface area contributed by atoms with Gasteiger partial charge in [-0.1, -0.05) is 31.6 Å². The normalized spacial score (nSPS) is 12.9. The molecule has 0 saturated heterocycles. The fraction of sp³-hybridized carbons (Fsp3) is 0.560. The Labute approximate surface area is 207 Å². The number of amides is 3. The number of hydrogen-bond donors (Lipinski definition) is 3. The number of nitrogens with one attached hydrogen (secondary N) is 2. The summed E-state index contributed by atoms with van der Waals surface area (Å²) in [7, 11) is 0. The molecule has 3 N–H and O–H groups in total. The summed E-state index contributed by atoms with van der Waals surface area (Å²) in [4.78, 5) is 40.8. The van der Waals surface area contributed by atoms with Gasteiger partial charge in [-0.25, -0.2) is 4.79 Å². The molecule has 0 aliphatic heterocycles. The Morgan fingerprint density at radius 1 is 1.24 bits per heavy atom. The zero-order chi connectivity index (χ0) is 25.7. The maximum atomic E-state index is 13.7. The minimum Gasteiger partial charge on any atom is -0.508 e. The molecule has 0 heterocycles. The summed E-state index contributed by atoms with van der Waals surface area (Å²) in [6.07, 6.45) is 4.85. The van der Waals surface area contributed by atoms with Gasteiger partial charge in [-0.15, -0.1) is 6.58 Å². The third-order valence-electron chi connectivity index (χ3n) is 4.81. The van der Waals surface area contributed by atoms with Gasteiger partial charge in [0.25, 0.3) is 0 Å². The fourth-order valence-corrected chi connectivity index (χ4v) is 3.69. The first-order chi connectivity index (χ1) is 16.0. The molecule has 0 radical (unpaired) electrons. The van der Waals surface area contributed by atoms with E-state index in [1.54, 1.807) is 50.7 Å². The molecule has 190 valence electrons. The summed E-state index contributed by atoms with van der Waals surface area (Å²) in [5, 5.41) is 15.3. The molecule has 1 aromatic rings. The Hall–Kier alpha value is -2.68. The maximum Gasteiger partial charge on any atom is 0.408 e. The van der Waals surface area contributed by atoms with Crippen molar-refractivity contribution in [3.8, 4) is 5.75 Å². The lowest BCUT2D eigenvalue weighted by atomic mass is 10.0. The number of alkyl carbamates (subject to hydrolysis) is 1. The monoisotopic (exact) mass is 493 g/mol. The fourth-order valence-electron chi connectivity index (χ4n) is 3.22. The number of benzene rings is 1. The number of aromatic hydroxyl groups is 1. The molecule has 34 heavy (non-hydrogen) atoms. The quantitative estimate of drug-likeness (QED) is 0.283. The van der Waals surface area contributed by atoms with Gasteiger partial charge in [-0.05, 0) is 63.3 Å². The predicted octanol–water partition coefficient (Wildman–Crippen LogP) is 4.01. The third kappa shape index (κ3) is 10.1. The summed E-state index contributed by atoms with van der Waals surface area (Å²) in [5.41, 5.74) is -0.172. The van der Waals surface area contributed by atoms with Gasteiger partial charge < -0.3 is 25.4 Å². The highest BCUT2D eigenvalue weighted by Gasteiger charge is 2.35. The number of unbranched alkanes of at least 4 members (excludes halogenated alkanes) is 1. The number of nitrogens with zero attached hydrogens (tertiary/aromatic N) is 1. The first-order valence-electron chi connectivity index (χ1n) is 11.5. The van der Waals surface area contributed by atoms with Crippen LogP contribution in [0.5, 0.6) is 5.75 Å². The van der Waals surface area contributed by atoms with Crippen molar-refractivity contribution in [3.05, 3.63) is 42.5 Å². The first-order valence-corrected chi connectivity index (χ1v) is 12.9. The molecule has 0 aliphatic carbocycles. The van der Waals surface area contributed by atoms with E-state index in [1.807, 2.05) is 13.2 Å². The van der Waals surface area contributed by atoms with Gasteiger partial charge >= 0.3 is 6.09 Å². The minimum absolute atomic E-state index is 0.0555. The highest BCUT2D eigenvalue weighted by molar-refractivity contribution is 7.98. The van der Waals surface area contributed by atoms with Gasteiger partial charge in [0, 0.05) is 13.1 Å². The van der Waals surface area contributed by atoms with Crippen molar-refractivity contribution in [2.24, 2.45) is 0 Å². The van der Waals surface area contributed by atoms with Crippen LogP contribution in [0.3, 0.4) is 0 Å². The van der Waals surface area contributed by atoms with Gasteiger partial charge in [0.2, 0.25) is 11.8 Å². The number of thioether (sulfide) groups is 1. The van der Waals surface area contributed by atoms with E-state index >= 15 is 0 Å². The van der Waals surface area contributed by atoms with Crippen LogP contribution in [0.25, 0.3) is 0 Å². The molecule has 8 nitrogen and oxygen atoms in total. The van der Waals surface area contributed by atoms with Gasteiger partial charge in [0.05, 0.1) is 0 Å². The largest absolute Gasteiger partial charge is 0.508 e. The van der Waals surface area contributed by atoms with Crippen LogP contribution in [0.4, 0.5) is 4.79 Å². The van der Waals surface area contributed by atoms with E-state index in [1.165, 1.54) is 17.0 Å². The highest BCUT2D eigenvalue weighted by Crippen LogP contribution is 2.25. The number of hydrogen-bond acceptors (Lipinski definition) is 6. The van der Waals surface area contributed by atoms with Crippen LogP contribution >= 0.6 is 11.8 Å². The minimum atomic E-state index is -0.958. The maximum absolute atomic E-state index is 13.7. The Morgan fingerprint density at radius 3 is 2.41 bits per heavy atom. The zero-order valence-electron chi connectivity index (χ0n) is 20.9. The van der Waals surface area contributed by atoms with Gasteiger partial charge in [-0.3, -0.25) is 9.59 Å². The van der Waals surface area contributed by atoms with Crippen molar-refractivity contribution in [2.45, 2.75) is 64.6 Å². The number of carbonyl (C=O) groups excluding carboxylic acids is 3. The van der Waals surface area contributed by atoms with Crippen LogP contribution in [-0.2, 0) is 14.3 Å². The molecule has 0 aromatic heterocycles. The number of phenolic OH excluding ortho intramolecular Hbond substituents is 1. The van der Waals surface area contributed by atoms with E-state index in [4.69, 9.17) is 4.74 Å². The zero-order valence-corrected chi connectivity index (χ0v) is 21.7. The van der Waals surface area contributed by atoms with E-state index in [9.17, 15) is 19.5 Å². The van der Waals surface area contributed by atoms with Crippen LogP contribution < -0.4 is 10.6 Å². The molecule has 0 aliphatic rings. The molecule has 0 bridgehead atoms. The van der Waals surface area contributed by atoms with Crippen molar-refractivity contribution in [1.82, 2.24) is 15.5 Å². The van der Waals surface area contributed by atoms with E-state index in [0.717, 1.165) is 12.8 Å². The van der Waals surface area contributed by atoms with Crippen molar-refractivity contribution in [1.29, 1.82) is 0 Å². The molecule has 2 unspecified atom stereocenters. The summed E-state index contributed by atoms with van der Waals surface area (Å²) < 4.78 is 5.35. The Bertz CT molecular complexity index is 808. The van der Waals surface area contributed by atoms with E-state index < -0.39 is 29.7 Å². The number of rotatable bonds is 13. The van der Waals surface area contributed by atoms with Gasteiger partial charge in [0.1, 0.15) is 23.4 Å². The van der Waals surface area contributed by atoms with E-state index in [0.29, 0.717) is 24.3 Å². The van der Waals surface area contributed by atoms with Crippen molar-refractivity contribution in [3.63, 3.8) is 0 Å². The number of carbonyl (C=O) groups is 3. The average Bonchev–Trinajstić information content (AvgIpc) is 2.76. The smallest absolute Gasteiger partial charge is 0.408 e. The first kappa shape index (κ1) is 29.4. The molecule has 1 rings (SSSR count). The lowest BCUT2D eigenvalue weighted by molar-refractivity contribution is -0.141. The van der Waals surface area contributed by atoms with E-state index in [2.05, 4.69) is 17.2 Å². The summed E-state index contributed by atoms with van der Waals surface area (Å²) >= 11 is 1.55. The Kier molecular flexibility index (Phi) is 12.6. The average molecular weight is 494 g/mol. The Balaban J connectivity index is 3.32. The summed E-state index contributed by atoms with van der Waals surface area (Å²) in [6, 6.07) is 4.33. The van der Waals surface area contributed by atoms with Crippen molar-refractivity contribution >= 4 is 29.7 Å². The predicted molar refractivity (Wildman–Crippen MR) is 137 cm³/mol. The van der Waals surface area contributed by atoms with Gasteiger partial charge in [-0.2, -0.15) is 11.8 Å². The summed E-state index contributed by atoms with van der Waals surface area (Å²) in [6.45, 7) is 11.6. The Morgan fingerprint density at radius 2 is 1.88 bits per heavy atom. The van der Waals surface area contributed by atoms with Crippen LogP contribution in [-0.4, -0.2) is 64.7 Å². The second-order valence-corrected chi connectivity index (χ2v) is 9.88. The van der Waals surface area contributed by atoms with E-state index in [-0.39, 0.29) is 18.2 Å². The number of phenols is 1. The van der Waals surface area contributed by atoms with Crippen LogP contribution in [0.15, 0.2) is 36.9 Å². The SMILES string of the molecule is C=CCN(C(=O)C(CCSC)NC(=O)OC(C)(C)C)C(C(=O)NCCCC)c1ccc(O)cc1.